The predicted molar refractivity (Wildman–Crippen MR) is 41.0 cm³/mol. The average molecular weight is 150 g/mol. The van der Waals surface area contributed by atoms with Crippen LogP contribution in [0.5, 0.6) is 0 Å². The Hall–Kier alpha value is -0.440. The molecule has 0 bridgehead atoms. The fourth-order valence-electron chi connectivity index (χ4n) is 0.737. The van der Waals surface area contributed by atoms with Gasteiger partial charge in [0.1, 0.15) is 0 Å². The van der Waals surface area contributed by atoms with Crippen LogP contribution in [0.2, 0.25) is 0 Å². The molecule has 0 aromatic carbocycles. The quantitative estimate of drug-likeness (QED) is 0.529. The van der Waals surface area contributed by atoms with Crippen molar-refractivity contribution in [2.75, 3.05) is 20.1 Å². The lowest BCUT2D eigenvalue weighted by Crippen LogP contribution is -2.37. The van der Waals surface area contributed by atoms with Crippen LogP contribution in [-0.2, 0) is 0 Å². The lowest BCUT2D eigenvalue weighted by molar-refractivity contribution is 0.461. The second-order valence-corrected chi connectivity index (χ2v) is 2.02. The van der Waals surface area contributed by atoms with Crippen molar-refractivity contribution >= 4 is 18.4 Å². The summed E-state index contributed by atoms with van der Waals surface area (Å²) in [5.74, 6) is 0.677. The highest BCUT2D eigenvalue weighted by Gasteiger charge is 2.04. The smallest absolute Gasteiger partial charge is 0.190 e. The molecule has 0 atom stereocenters. The van der Waals surface area contributed by atoms with Gasteiger partial charge in [0, 0.05) is 20.1 Å². The molecule has 54 valence electrons. The molecule has 1 rings (SSSR count). The third kappa shape index (κ3) is 2.10. The van der Waals surface area contributed by atoms with Crippen molar-refractivity contribution in [1.29, 1.82) is 0 Å². The SMILES string of the molecule is CN1CCCN=C1N.Cl. The molecule has 0 aliphatic carbocycles. The lowest BCUT2D eigenvalue weighted by Gasteiger charge is -2.20. The van der Waals surface area contributed by atoms with E-state index in [1.54, 1.807) is 0 Å². The van der Waals surface area contributed by atoms with Gasteiger partial charge in [0.2, 0.25) is 0 Å². The Kier molecular flexibility index (Phi) is 3.39. The Morgan fingerprint density at radius 2 is 2.33 bits per heavy atom. The first-order chi connectivity index (χ1) is 3.80. The first kappa shape index (κ1) is 8.56. The molecule has 4 heteroatoms. The van der Waals surface area contributed by atoms with Crippen LogP contribution in [0, 0.1) is 0 Å². The van der Waals surface area contributed by atoms with E-state index in [2.05, 4.69) is 4.99 Å². The fourth-order valence-corrected chi connectivity index (χ4v) is 0.737. The summed E-state index contributed by atoms with van der Waals surface area (Å²) in [6.07, 6.45) is 1.14. The zero-order valence-corrected chi connectivity index (χ0v) is 6.32. The summed E-state index contributed by atoms with van der Waals surface area (Å²) in [7, 11) is 1.96. The Labute approximate surface area is 61.3 Å². The molecule has 0 aromatic heterocycles. The van der Waals surface area contributed by atoms with Crippen LogP contribution < -0.4 is 5.73 Å². The summed E-state index contributed by atoms with van der Waals surface area (Å²) in [6, 6.07) is 0. The number of guanidine groups is 1. The second-order valence-electron chi connectivity index (χ2n) is 2.02. The van der Waals surface area contributed by atoms with Crippen LogP contribution in [0.3, 0.4) is 0 Å². The van der Waals surface area contributed by atoms with Crippen LogP contribution >= 0.6 is 12.4 Å². The molecule has 1 aliphatic rings. The summed E-state index contributed by atoms with van der Waals surface area (Å²) in [5, 5.41) is 0. The maximum atomic E-state index is 5.45. The van der Waals surface area contributed by atoms with Crippen molar-refractivity contribution in [3.8, 4) is 0 Å². The van der Waals surface area contributed by atoms with E-state index in [-0.39, 0.29) is 12.4 Å². The number of rotatable bonds is 0. The fraction of sp³-hybridized carbons (Fsp3) is 0.800. The average Bonchev–Trinajstić information content (AvgIpc) is 1.77. The van der Waals surface area contributed by atoms with E-state index in [9.17, 15) is 0 Å². The highest BCUT2D eigenvalue weighted by molar-refractivity contribution is 5.85. The zero-order chi connectivity index (χ0) is 5.98. The maximum Gasteiger partial charge on any atom is 0.190 e. The first-order valence-electron chi connectivity index (χ1n) is 2.82. The van der Waals surface area contributed by atoms with E-state index in [1.807, 2.05) is 11.9 Å². The zero-order valence-electron chi connectivity index (χ0n) is 5.50. The lowest BCUT2D eigenvalue weighted by atomic mass is 10.4. The normalized spacial score (nSPS) is 18.3. The summed E-state index contributed by atoms with van der Waals surface area (Å²) < 4.78 is 0. The van der Waals surface area contributed by atoms with Crippen LogP contribution in [0.1, 0.15) is 6.42 Å². The van der Waals surface area contributed by atoms with E-state index < -0.39 is 0 Å². The van der Waals surface area contributed by atoms with E-state index in [0.717, 1.165) is 19.5 Å². The number of hydrogen-bond donors (Lipinski definition) is 1. The Morgan fingerprint density at radius 3 is 2.67 bits per heavy atom. The van der Waals surface area contributed by atoms with Gasteiger partial charge in [0.15, 0.2) is 5.96 Å². The monoisotopic (exact) mass is 149 g/mol. The van der Waals surface area contributed by atoms with Crippen LogP contribution in [-0.4, -0.2) is 31.0 Å². The van der Waals surface area contributed by atoms with Crippen LogP contribution in [0.15, 0.2) is 4.99 Å². The van der Waals surface area contributed by atoms with Gasteiger partial charge in [0.25, 0.3) is 0 Å². The van der Waals surface area contributed by atoms with E-state index in [0.29, 0.717) is 5.96 Å². The summed E-state index contributed by atoms with van der Waals surface area (Å²) in [5.41, 5.74) is 5.45. The minimum Gasteiger partial charge on any atom is -0.370 e. The highest BCUT2D eigenvalue weighted by atomic mass is 35.5. The van der Waals surface area contributed by atoms with Gasteiger partial charge < -0.3 is 10.6 Å². The van der Waals surface area contributed by atoms with Gasteiger partial charge in [0.05, 0.1) is 0 Å². The van der Waals surface area contributed by atoms with E-state index in [4.69, 9.17) is 5.73 Å². The molecule has 0 unspecified atom stereocenters. The van der Waals surface area contributed by atoms with Crippen molar-refractivity contribution in [1.82, 2.24) is 4.90 Å². The Balaban J connectivity index is 0.000000640. The van der Waals surface area contributed by atoms with Crippen molar-refractivity contribution in [2.24, 2.45) is 10.7 Å². The van der Waals surface area contributed by atoms with Crippen molar-refractivity contribution in [3.05, 3.63) is 0 Å². The Bertz CT molecular complexity index is 113. The third-order valence-corrected chi connectivity index (χ3v) is 1.32. The third-order valence-electron chi connectivity index (χ3n) is 1.32. The molecular weight excluding hydrogens is 138 g/mol. The largest absolute Gasteiger partial charge is 0.370 e. The van der Waals surface area contributed by atoms with Gasteiger partial charge in [-0.15, -0.1) is 12.4 Å². The first-order valence-corrected chi connectivity index (χ1v) is 2.82. The second kappa shape index (κ2) is 3.56. The molecule has 0 aromatic rings. The van der Waals surface area contributed by atoms with Crippen molar-refractivity contribution in [3.63, 3.8) is 0 Å². The van der Waals surface area contributed by atoms with Gasteiger partial charge in [-0.05, 0) is 6.42 Å². The molecule has 0 spiro atoms. The predicted octanol–water partition coefficient (Wildman–Crippen LogP) is 0.0584. The Morgan fingerprint density at radius 1 is 1.67 bits per heavy atom. The number of hydrogen-bond acceptors (Lipinski definition) is 3. The van der Waals surface area contributed by atoms with Gasteiger partial charge in [-0.25, -0.2) is 0 Å². The molecule has 2 N–H and O–H groups in total. The van der Waals surface area contributed by atoms with E-state index in [1.165, 1.54) is 0 Å². The summed E-state index contributed by atoms with van der Waals surface area (Å²) in [6.45, 7) is 1.95. The topological polar surface area (TPSA) is 41.6 Å². The van der Waals surface area contributed by atoms with Crippen LogP contribution in [0.4, 0.5) is 0 Å². The molecular formula is C5H12ClN3. The van der Waals surface area contributed by atoms with Gasteiger partial charge in [-0.3, -0.25) is 4.99 Å². The standard InChI is InChI=1S/C5H11N3.ClH/c1-8-4-2-3-7-5(8)6;/h2-4H2,1H3,(H2,6,7);1H. The minimum absolute atomic E-state index is 0. The molecule has 9 heavy (non-hydrogen) atoms. The molecule has 0 radical (unpaired) electrons. The number of halogens is 1. The summed E-state index contributed by atoms with van der Waals surface area (Å²) in [4.78, 5) is 5.99. The summed E-state index contributed by atoms with van der Waals surface area (Å²) >= 11 is 0. The number of aliphatic imine (C=N–C) groups is 1. The molecule has 0 amide bonds. The van der Waals surface area contributed by atoms with Gasteiger partial charge in [-0.1, -0.05) is 0 Å². The highest BCUT2D eigenvalue weighted by Crippen LogP contribution is 1.94. The number of nitrogens with zero attached hydrogens (tertiary/aromatic N) is 2. The number of nitrogens with two attached hydrogens (primary N) is 1. The van der Waals surface area contributed by atoms with Gasteiger partial charge in [-0.2, -0.15) is 0 Å². The van der Waals surface area contributed by atoms with Gasteiger partial charge >= 0.3 is 0 Å². The molecule has 1 heterocycles. The molecule has 1 aliphatic heterocycles. The van der Waals surface area contributed by atoms with Crippen LogP contribution in [0.25, 0.3) is 0 Å². The molecule has 3 nitrogen and oxygen atoms in total. The van der Waals surface area contributed by atoms with Crippen molar-refractivity contribution in [2.45, 2.75) is 6.42 Å². The molecule has 0 saturated carbocycles. The maximum absolute atomic E-state index is 5.45. The van der Waals surface area contributed by atoms with E-state index >= 15 is 0 Å². The molecule has 0 saturated heterocycles. The van der Waals surface area contributed by atoms with Crippen molar-refractivity contribution < 1.29 is 0 Å². The minimum atomic E-state index is 0. The molecule has 0 fully saturated rings.